The molecule has 0 aliphatic carbocycles. The Balaban J connectivity index is 1.57. The first-order valence-electron chi connectivity index (χ1n) is 12.8. The van der Waals surface area contributed by atoms with Crippen LogP contribution in [-0.2, 0) is 0 Å². The van der Waals surface area contributed by atoms with Crippen LogP contribution in [0.1, 0.15) is 0 Å². The molecule has 184 valence electrons. The normalized spacial score (nSPS) is 13.4. The van der Waals surface area contributed by atoms with Crippen molar-refractivity contribution in [2.75, 3.05) is 0 Å². The summed E-state index contributed by atoms with van der Waals surface area (Å²) < 4.78 is 2.28. The predicted octanol–water partition coefficient (Wildman–Crippen LogP) is 6.11. The molecule has 0 saturated heterocycles. The van der Waals surface area contributed by atoms with Gasteiger partial charge in [-0.15, -0.1) is 0 Å². The summed E-state index contributed by atoms with van der Waals surface area (Å²) in [6.07, 6.45) is 5.89. The Labute approximate surface area is 232 Å². The molecule has 39 heavy (non-hydrogen) atoms. The van der Waals surface area contributed by atoms with Crippen LogP contribution in [0.4, 0.5) is 0 Å². The van der Waals surface area contributed by atoms with Gasteiger partial charge >= 0.3 is 233 Å². The zero-order chi connectivity index (χ0) is 26.0. The summed E-state index contributed by atoms with van der Waals surface area (Å²) in [4.78, 5) is 14.6. The third-order valence-corrected chi connectivity index (χ3v) is 14.5. The van der Waals surface area contributed by atoms with Gasteiger partial charge in [-0.05, 0) is 0 Å². The van der Waals surface area contributed by atoms with Crippen molar-refractivity contribution in [3.05, 3.63) is 128 Å². The second-order valence-electron chi connectivity index (χ2n) is 9.68. The number of aromatic nitrogens is 4. The fraction of sp³-hybridized carbons (Fsp3) is 0. The van der Waals surface area contributed by atoms with Crippen LogP contribution in [0, 0.1) is 0 Å². The molecule has 6 heteroatoms. The van der Waals surface area contributed by atoms with Gasteiger partial charge in [-0.2, -0.15) is 0 Å². The number of nitrogens with zero attached hydrogens (tertiary/aromatic N) is 4. The van der Waals surface area contributed by atoms with Crippen LogP contribution < -0.4 is 15.9 Å². The van der Waals surface area contributed by atoms with E-state index in [4.69, 9.17) is 9.97 Å². The van der Waals surface area contributed by atoms with Crippen LogP contribution >= 0.6 is 5.51 Å². The first-order valence-corrected chi connectivity index (χ1v) is 16.8. The molecule has 0 aliphatic heterocycles. The van der Waals surface area contributed by atoms with Gasteiger partial charge in [0.2, 0.25) is 0 Å². The molecule has 4 aromatic carbocycles. The predicted molar refractivity (Wildman–Crippen MR) is 165 cm³/mol. The van der Waals surface area contributed by atoms with E-state index >= 15 is 0 Å². The summed E-state index contributed by atoms with van der Waals surface area (Å²) in [5.74, 6) is 0. The Bertz CT molecular complexity index is 2270. The number of rotatable bonds is 3. The Kier molecular flexibility index (Phi) is 5.08. The zero-order valence-corrected chi connectivity index (χ0v) is 23.4. The molecule has 0 amide bonds. The second kappa shape index (κ2) is 8.69. The third kappa shape index (κ3) is 3.31. The average Bonchev–Trinajstić information content (AvgIpc) is 3.41. The Morgan fingerprint density at radius 1 is 0.641 bits per heavy atom. The summed E-state index contributed by atoms with van der Waals surface area (Å²) in [5, 5.41) is 8.30. The SMILES string of the molecule is [Se]=P(c1ccccc1)(c1ccc2ncccc2c1)c1cncc2c1c1ccccc1n1c3ccccc3nc21. The minimum absolute atomic E-state index is 0.932. The zero-order valence-electron chi connectivity index (χ0n) is 20.8. The molecule has 0 fully saturated rings. The molecule has 8 rings (SSSR count). The molecule has 0 aliphatic rings. The first kappa shape index (κ1) is 22.8. The van der Waals surface area contributed by atoms with Crippen molar-refractivity contribution in [2.24, 2.45) is 0 Å². The quantitative estimate of drug-likeness (QED) is 0.143. The van der Waals surface area contributed by atoms with Crippen LogP contribution in [-0.4, -0.2) is 34.5 Å². The van der Waals surface area contributed by atoms with Crippen LogP contribution in [0.3, 0.4) is 0 Å². The van der Waals surface area contributed by atoms with Gasteiger partial charge in [-0.1, -0.05) is 0 Å². The molecule has 4 heterocycles. The van der Waals surface area contributed by atoms with Crippen molar-refractivity contribution < 1.29 is 0 Å². The minimum atomic E-state index is -2.25. The Morgan fingerprint density at radius 2 is 1.44 bits per heavy atom. The van der Waals surface area contributed by atoms with E-state index in [0.717, 1.165) is 38.5 Å². The van der Waals surface area contributed by atoms with Crippen LogP contribution in [0.5, 0.6) is 0 Å². The summed E-state index contributed by atoms with van der Waals surface area (Å²) in [7, 11) is 0. The van der Waals surface area contributed by atoms with Crippen molar-refractivity contribution >= 4 is 85.8 Å². The maximum absolute atomic E-state index is 5.12. The van der Waals surface area contributed by atoms with Crippen molar-refractivity contribution in [1.29, 1.82) is 0 Å². The molecule has 0 bridgehead atoms. The van der Waals surface area contributed by atoms with E-state index in [1.807, 2.05) is 24.5 Å². The maximum atomic E-state index is 5.12. The average molecular weight is 583 g/mol. The van der Waals surface area contributed by atoms with E-state index in [9.17, 15) is 0 Å². The monoisotopic (exact) mass is 584 g/mol. The number of hydrogen-bond donors (Lipinski definition) is 0. The fourth-order valence-electron chi connectivity index (χ4n) is 5.80. The van der Waals surface area contributed by atoms with E-state index < -0.39 is 5.51 Å². The first-order chi connectivity index (χ1) is 19.2. The molecule has 4 nitrogen and oxygen atoms in total. The fourth-order valence-corrected chi connectivity index (χ4v) is 11.0. The van der Waals surface area contributed by atoms with Crippen LogP contribution in [0.25, 0.3) is 49.3 Å². The summed E-state index contributed by atoms with van der Waals surface area (Å²) in [6.45, 7) is 0. The number of benzene rings is 4. The number of imidazole rings is 1. The van der Waals surface area contributed by atoms with E-state index in [1.54, 1.807) is 0 Å². The topological polar surface area (TPSA) is 43.1 Å². The molecule has 0 radical (unpaired) electrons. The Morgan fingerprint density at radius 3 is 2.33 bits per heavy atom. The molecule has 8 aromatic rings. The van der Waals surface area contributed by atoms with Gasteiger partial charge in [0, 0.05) is 0 Å². The van der Waals surface area contributed by atoms with E-state index in [-0.39, 0.29) is 0 Å². The standard InChI is InChI=1S/C33H21N4PSe/c39-38(23-10-2-1-3-11-23,24-16-17-27-22(19-24)9-8-18-35-27)31-21-34-20-26-32(31)25-12-4-6-14-29(25)37-30-15-7-5-13-28(30)36-33(26)37/h1-21H. The van der Waals surface area contributed by atoms with Gasteiger partial charge in [0.15, 0.2) is 0 Å². The molecule has 4 aromatic heterocycles. The second-order valence-corrected chi connectivity index (χ2v) is 15.9. The van der Waals surface area contributed by atoms with Gasteiger partial charge in [-0.3, -0.25) is 0 Å². The summed E-state index contributed by atoms with van der Waals surface area (Å²) in [6, 6.07) is 38.6. The summed E-state index contributed by atoms with van der Waals surface area (Å²) >= 11 is 3.76. The van der Waals surface area contributed by atoms with Gasteiger partial charge in [0.1, 0.15) is 0 Å². The van der Waals surface area contributed by atoms with Crippen molar-refractivity contribution in [3.8, 4) is 0 Å². The third-order valence-electron chi connectivity index (χ3n) is 7.55. The summed E-state index contributed by atoms with van der Waals surface area (Å²) in [5.41, 5.74) is 2.91. The van der Waals surface area contributed by atoms with E-state index in [2.05, 4.69) is 128 Å². The van der Waals surface area contributed by atoms with Gasteiger partial charge in [-0.25, -0.2) is 0 Å². The number of fused-ring (bicyclic) bond motifs is 9. The van der Waals surface area contributed by atoms with Crippen molar-refractivity contribution in [2.45, 2.75) is 0 Å². The van der Waals surface area contributed by atoms with Crippen molar-refractivity contribution in [1.82, 2.24) is 19.4 Å². The molecule has 1 unspecified atom stereocenters. The number of hydrogen-bond acceptors (Lipinski definition) is 3. The van der Waals surface area contributed by atoms with E-state index in [0.29, 0.717) is 0 Å². The van der Waals surface area contributed by atoms with Crippen LogP contribution in [0.2, 0.25) is 0 Å². The number of para-hydroxylation sites is 3. The van der Waals surface area contributed by atoms with E-state index in [1.165, 1.54) is 26.7 Å². The molecular formula is C33H21N4PSe. The molecule has 0 N–H and O–H groups in total. The molecular weight excluding hydrogens is 562 g/mol. The van der Waals surface area contributed by atoms with Gasteiger partial charge in [0.25, 0.3) is 0 Å². The van der Waals surface area contributed by atoms with Gasteiger partial charge < -0.3 is 0 Å². The van der Waals surface area contributed by atoms with Crippen LogP contribution in [0.15, 0.2) is 128 Å². The molecule has 0 spiro atoms. The van der Waals surface area contributed by atoms with Crippen molar-refractivity contribution in [3.63, 3.8) is 0 Å². The number of pyridine rings is 3. The molecule has 0 saturated carbocycles. The van der Waals surface area contributed by atoms with Gasteiger partial charge in [0.05, 0.1) is 0 Å². The molecule has 1 atom stereocenters. The Hall–Kier alpha value is -4.14.